The van der Waals surface area contributed by atoms with E-state index in [0.717, 1.165) is 58.5 Å². The number of Topliss-reactive ketones (excluding diaryl/α,β-unsaturated/α-hetero) is 1. The summed E-state index contributed by atoms with van der Waals surface area (Å²) in [6, 6.07) is 16.5. The number of hydrogen-bond donors (Lipinski definition) is 1. The number of rotatable bonds is 7. The molecule has 2 aromatic carbocycles. The molecule has 0 amide bonds. The first-order valence-corrected chi connectivity index (χ1v) is 10.8. The van der Waals surface area contributed by atoms with Gasteiger partial charge in [-0.3, -0.25) is 4.79 Å². The Morgan fingerprint density at radius 2 is 1.94 bits per heavy atom. The molecule has 2 aliphatic rings. The molecule has 1 aromatic heterocycles. The standard InChI is InChI=1S/C26H26N2O3/c1-25(2,8-3-11-27)23-14-18-12-17(4-6-20(18)28-23)13-24(29)26(9-10-26)19-5-7-21-22(15-19)31-16-30-21/h4-7,12,14-15,28H,3,8-10,13,16H2,1-2H3. The third-order valence-corrected chi connectivity index (χ3v) is 6.85. The molecule has 5 rings (SSSR count). The highest BCUT2D eigenvalue weighted by Crippen LogP contribution is 2.51. The fraction of sp³-hybridized carbons (Fsp3) is 0.385. The minimum absolute atomic E-state index is 0.0951. The summed E-state index contributed by atoms with van der Waals surface area (Å²) in [4.78, 5) is 16.8. The van der Waals surface area contributed by atoms with Crippen LogP contribution in [0.4, 0.5) is 0 Å². The summed E-state index contributed by atoms with van der Waals surface area (Å²) in [6.07, 6.45) is 3.52. The molecule has 158 valence electrons. The smallest absolute Gasteiger partial charge is 0.231 e. The van der Waals surface area contributed by atoms with Crippen LogP contribution in [-0.2, 0) is 22.0 Å². The van der Waals surface area contributed by atoms with Crippen molar-refractivity contribution >= 4 is 16.7 Å². The highest BCUT2D eigenvalue weighted by atomic mass is 16.7. The molecule has 1 N–H and O–H groups in total. The molecule has 1 saturated carbocycles. The second-order valence-corrected chi connectivity index (χ2v) is 9.40. The Balaban J connectivity index is 1.37. The molecular formula is C26H26N2O3. The zero-order valence-corrected chi connectivity index (χ0v) is 18.0. The molecule has 5 nitrogen and oxygen atoms in total. The van der Waals surface area contributed by atoms with Crippen LogP contribution in [0, 0.1) is 11.3 Å². The van der Waals surface area contributed by atoms with Gasteiger partial charge in [0.2, 0.25) is 6.79 Å². The monoisotopic (exact) mass is 414 g/mol. The lowest BCUT2D eigenvalue weighted by Gasteiger charge is -2.21. The Morgan fingerprint density at radius 1 is 1.13 bits per heavy atom. The Kier molecular flexibility index (Phi) is 4.55. The van der Waals surface area contributed by atoms with E-state index in [2.05, 4.69) is 43.1 Å². The first kappa shape index (κ1) is 19.7. The van der Waals surface area contributed by atoms with Gasteiger partial charge in [0.05, 0.1) is 11.5 Å². The van der Waals surface area contributed by atoms with Crippen molar-refractivity contribution < 1.29 is 14.3 Å². The number of nitrogens with one attached hydrogen (secondary N) is 1. The summed E-state index contributed by atoms with van der Waals surface area (Å²) < 4.78 is 10.9. The third kappa shape index (κ3) is 3.46. The van der Waals surface area contributed by atoms with Crippen LogP contribution in [-0.4, -0.2) is 17.6 Å². The lowest BCUT2D eigenvalue weighted by Crippen LogP contribution is -2.22. The van der Waals surface area contributed by atoms with Crippen LogP contribution in [0.25, 0.3) is 10.9 Å². The van der Waals surface area contributed by atoms with Crippen molar-refractivity contribution in [2.45, 2.75) is 56.8 Å². The molecule has 3 aromatic rings. The minimum atomic E-state index is -0.390. The highest BCUT2D eigenvalue weighted by Gasteiger charge is 2.50. The normalized spacial score (nSPS) is 16.3. The van der Waals surface area contributed by atoms with Crippen LogP contribution >= 0.6 is 0 Å². The van der Waals surface area contributed by atoms with Crippen LogP contribution in [0.15, 0.2) is 42.5 Å². The highest BCUT2D eigenvalue weighted by molar-refractivity contribution is 5.95. The number of H-pyrrole nitrogens is 1. The Labute approximate surface area is 182 Å². The maximum Gasteiger partial charge on any atom is 0.231 e. The molecule has 5 heteroatoms. The van der Waals surface area contributed by atoms with Crippen LogP contribution in [0.3, 0.4) is 0 Å². The van der Waals surface area contributed by atoms with Gasteiger partial charge in [0.25, 0.3) is 0 Å². The summed E-state index contributed by atoms with van der Waals surface area (Å²) in [5.41, 5.74) is 3.77. The number of aromatic nitrogens is 1. The van der Waals surface area contributed by atoms with Crippen molar-refractivity contribution in [2.24, 2.45) is 0 Å². The quantitative estimate of drug-likeness (QED) is 0.568. The second kappa shape index (κ2) is 7.16. The Morgan fingerprint density at radius 3 is 2.71 bits per heavy atom. The minimum Gasteiger partial charge on any atom is -0.454 e. The Bertz CT molecular complexity index is 1210. The van der Waals surface area contributed by atoms with Crippen molar-refractivity contribution in [3.8, 4) is 17.6 Å². The summed E-state index contributed by atoms with van der Waals surface area (Å²) >= 11 is 0. The lowest BCUT2D eigenvalue weighted by atomic mass is 9.84. The van der Waals surface area contributed by atoms with Crippen molar-refractivity contribution in [1.82, 2.24) is 4.98 Å². The van der Waals surface area contributed by atoms with Gasteiger partial charge in [0, 0.05) is 29.5 Å². The van der Waals surface area contributed by atoms with Gasteiger partial charge in [-0.1, -0.05) is 26.0 Å². The topological polar surface area (TPSA) is 75.1 Å². The zero-order valence-electron chi connectivity index (χ0n) is 18.0. The van der Waals surface area contributed by atoms with E-state index in [4.69, 9.17) is 14.7 Å². The van der Waals surface area contributed by atoms with Gasteiger partial charge in [0.1, 0.15) is 5.78 Å². The molecule has 0 atom stereocenters. The Hall–Kier alpha value is -3.26. The number of benzene rings is 2. The lowest BCUT2D eigenvalue weighted by molar-refractivity contribution is -0.120. The molecule has 0 spiro atoms. The van der Waals surface area contributed by atoms with E-state index < -0.39 is 5.41 Å². The molecule has 1 fully saturated rings. The van der Waals surface area contributed by atoms with Gasteiger partial charge < -0.3 is 14.5 Å². The second-order valence-electron chi connectivity index (χ2n) is 9.40. The molecule has 0 unspecified atom stereocenters. The summed E-state index contributed by atoms with van der Waals surface area (Å²) in [5.74, 6) is 1.74. The van der Waals surface area contributed by atoms with Gasteiger partial charge in [0.15, 0.2) is 11.5 Å². The van der Waals surface area contributed by atoms with Crippen LogP contribution in [0.1, 0.15) is 56.4 Å². The number of nitrogens with zero attached hydrogens (tertiary/aromatic N) is 1. The average Bonchev–Trinajstić information content (AvgIpc) is 3.24. The molecular weight excluding hydrogens is 388 g/mol. The van der Waals surface area contributed by atoms with E-state index in [9.17, 15) is 4.79 Å². The number of aromatic amines is 1. The zero-order chi connectivity index (χ0) is 21.6. The summed E-state index contributed by atoms with van der Waals surface area (Å²) in [5, 5.41) is 10.0. The molecule has 31 heavy (non-hydrogen) atoms. The van der Waals surface area contributed by atoms with Gasteiger partial charge in [-0.2, -0.15) is 5.26 Å². The van der Waals surface area contributed by atoms with E-state index in [-0.39, 0.29) is 18.0 Å². The summed E-state index contributed by atoms with van der Waals surface area (Å²) in [6.45, 7) is 4.55. The average molecular weight is 415 g/mol. The number of fused-ring (bicyclic) bond motifs is 2. The van der Waals surface area contributed by atoms with E-state index in [1.807, 2.05) is 24.3 Å². The van der Waals surface area contributed by atoms with E-state index in [1.165, 1.54) is 0 Å². The predicted octanol–water partition coefficient (Wildman–Crippen LogP) is 5.32. The molecule has 0 bridgehead atoms. The fourth-order valence-electron chi connectivity index (χ4n) is 4.56. The predicted molar refractivity (Wildman–Crippen MR) is 118 cm³/mol. The number of carbonyl (C=O) groups is 1. The van der Waals surface area contributed by atoms with Crippen LogP contribution in [0.5, 0.6) is 11.5 Å². The molecule has 0 saturated heterocycles. The van der Waals surface area contributed by atoms with Gasteiger partial charge in [-0.15, -0.1) is 0 Å². The maximum atomic E-state index is 13.3. The fourth-order valence-corrected chi connectivity index (χ4v) is 4.56. The molecule has 0 radical (unpaired) electrons. The molecule has 1 aliphatic carbocycles. The van der Waals surface area contributed by atoms with Crippen molar-refractivity contribution in [1.29, 1.82) is 5.26 Å². The molecule has 1 aliphatic heterocycles. The van der Waals surface area contributed by atoms with Gasteiger partial charge in [-0.05, 0) is 66.1 Å². The van der Waals surface area contributed by atoms with E-state index in [1.54, 1.807) is 0 Å². The van der Waals surface area contributed by atoms with Crippen molar-refractivity contribution in [2.75, 3.05) is 6.79 Å². The largest absolute Gasteiger partial charge is 0.454 e. The summed E-state index contributed by atoms with van der Waals surface area (Å²) in [7, 11) is 0. The van der Waals surface area contributed by atoms with E-state index >= 15 is 0 Å². The maximum absolute atomic E-state index is 13.3. The SMILES string of the molecule is CC(C)(CCC#N)c1cc2cc(CC(=O)C3(c4ccc5c(c4)OCO5)CC3)ccc2[nH]1. The number of nitriles is 1. The van der Waals surface area contributed by atoms with Crippen molar-refractivity contribution in [3.63, 3.8) is 0 Å². The number of ether oxygens (including phenoxy) is 2. The van der Waals surface area contributed by atoms with E-state index in [0.29, 0.717) is 12.8 Å². The number of carbonyl (C=O) groups excluding carboxylic acids is 1. The first-order valence-electron chi connectivity index (χ1n) is 10.8. The first-order chi connectivity index (χ1) is 14.9. The van der Waals surface area contributed by atoms with Gasteiger partial charge >= 0.3 is 0 Å². The van der Waals surface area contributed by atoms with Gasteiger partial charge in [-0.25, -0.2) is 0 Å². The number of hydrogen-bond acceptors (Lipinski definition) is 4. The van der Waals surface area contributed by atoms with Crippen LogP contribution in [0.2, 0.25) is 0 Å². The van der Waals surface area contributed by atoms with Crippen LogP contribution < -0.4 is 9.47 Å². The third-order valence-electron chi connectivity index (χ3n) is 6.85. The molecule has 2 heterocycles. The van der Waals surface area contributed by atoms with Crippen molar-refractivity contribution in [3.05, 3.63) is 59.3 Å². The number of ketones is 1.